The second-order valence-electron chi connectivity index (χ2n) is 4.67. The lowest BCUT2D eigenvalue weighted by Crippen LogP contribution is -2.40. The van der Waals surface area contributed by atoms with Crippen LogP contribution in [0.2, 0.25) is 0 Å². The molecule has 2 atom stereocenters. The Kier molecular flexibility index (Phi) is 6.96. The molecule has 0 amide bonds. The lowest BCUT2D eigenvalue weighted by Gasteiger charge is -2.28. The van der Waals surface area contributed by atoms with Crippen LogP contribution in [0.5, 0.6) is 0 Å². The molecule has 0 radical (unpaired) electrons. The fourth-order valence-corrected chi connectivity index (χ4v) is 2.11. The lowest BCUT2D eigenvalue weighted by molar-refractivity contribution is -0.00766. The van der Waals surface area contributed by atoms with Crippen LogP contribution in [-0.4, -0.2) is 62.0 Å². The summed E-state index contributed by atoms with van der Waals surface area (Å²) in [6.07, 6.45) is 3.72. The standard InChI is InChI=1S/C12H26N2O2/c1-3-13-8-11(15)9-14(2)10-12-6-4-5-7-16-12/h11-13,15H,3-10H2,1-2H3. The highest BCUT2D eigenvalue weighted by Gasteiger charge is 2.17. The number of hydrogen-bond acceptors (Lipinski definition) is 4. The summed E-state index contributed by atoms with van der Waals surface area (Å²) in [5.41, 5.74) is 0. The number of aliphatic hydroxyl groups is 1. The molecule has 0 aliphatic carbocycles. The highest BCUT2D eigenvalue weighted by Crippen LogP contribution is 2.13. The Morgan fingerprint density at radius 1 is 1.50 bits per heavy atom. The zero-order chi connectivity index (χ0) is 11.8. The maximum atomic E-state index is 9.74. The summed E-state index contributed by atoms with van der Waals surface area (Å²) in [5.74, 6) is 0. The number of likely N-dealkylation sites (N-methyl/N-ethyl adjacent to an activating group) is 2. The molecule has 0 aromatic heterocycles. The van der Waals surface area contributed by atoms with Gasteiger partial charge >= 0.3 is 0 Å². The normalized spacial score (nSPS) is 23.6. The molecule has 1 aliphatic rings. The molecule has 1 heterocycles. The van der Waals surface area contributed by atoms with E-state index in [0.717, 1.165) is 26.1 Å². The Morgan fingerprint density at radius 2 is 2.31 bits per heavy atom. The molecule has 16 heavy (non-hydrogen) atoms. The first-order valence-electron chi connectivity index (χ1n) is 6.41. The van der Waals surface area contributed by atoms with Crippen LogP contribution in [0.3, 0.4) is 0 Å². The van der Waals surface area contributed by atoms with Crippen molar-refractivity contribution in [2.75, 3.05) is 39.8 Å². The van der Waals surface area contributed by atoms with Crippen LogP contribution in [0.1, 0.15) is 26.2 Å². The second-order valence-corrected chi connectivity index (χ2v) is 4.67. The third-order valence-electron chi connectivity index (χ3n) is 2.94. The quantitative estimate of drug-likeness (QED) is 0.667. The van der Waals surface area contributed by atoms with Gasteiger partial charge in [-0.1, -0.05) is 6.92 Å². The van der Waals surface area contributed by atoms with E-state index in [9.17, 15) is 5.11 Å². The highest BCUT2D eigenvalue weighted by molar-refractivity contribution is 4.70. The Morgan fingerprint density at radius 3 is 2.94 bits per heavy atom. The van der Waals surface area contributed by atoms with Gasteiger partial charge in [-0.3, -0.25) is 0 Å². The van der Waals surface area contributed by atoms with E-state index in [1.165, 1.54) is 12.8 Å². The molecule has 0 saturated carbocycles. The molecular formula is C12H26N2O2. The van der Waals surface area contributed by atoms with Gasteiger partial charge < -0.3 is 20.1 Å². The van der Waals surface area contributed by atoms with Gasteiger partial charge in [-0.15, -0.1) is 0 Å². The largest absolute Gasteiger partial charge is 0.390 e. The first kappa shape index (κ1) is 13.9. The highest BCUT2D eigenvalue weighted by atomic mass is 16.5. The molecule has 4 nitrogen and oxygen atoms in total. The van der Waals surface area contributed by atoms with Gasteiger partial charge in [0, 0.05) is 26.2 Å². The molecule has 96 valence electrons. The Labute approximate surface area is 99.0 Å². The summed E-state index contributed by atoms with van der Waals surface area (Å²) in [6.45, 7) is 6.18. The van der Waals surface area contributed by atoms with E-state index in [0.29, 0.717) is 19.2 Å². The zero-order valence-electron chi connectivity index (χ0n) is 10.6. The van der Waals surface area contributed by atoms with E-state index in [-0.39, 0.29) is 6.10 Å². The molecule has 0 spiro atoms. The van der Waals surface area contributed by atoms with Crippen LogP contribution in [0.25, 0.3) is 0 Å². The summed E-state index contributed by atoms with van der Waals surface area (Å²) in [5, 5.41) is 12.9. The van der Waals surface area contributed by atoms with E-state index in [1.54, 1.807) is 0 Å². The predicted molar refractivity (Wildman–Crippen MR) is 65.6 cm³/mol. The first-order chi connectivity index (χ1) is 7.72. The smallest absolute Gasteiger partial charge is 0.0791 e. The van der Waals surface area contributed by atoms with Crippen LogP contribution in [0.15, 0.2) is 0 Å². The van der Waals surface area contributed by atoms with Gasteiger partial charge in [-0.25, -0.2) is 0 Å². The molecule has 0 aromatic carbocycles. The number of aliphatic hydroxyl groups excluding tert-OH is 1. The summed E-state index contributed by atoms with van der Waals surface area (Å²) in [7, 11) is 2.05. The molecule has 1 fully saturated rings. The van der Waals surface area contributed by atoms with Crippen molar-refractivity contribution in [3.05, 3.63) is 0 Å². The molecule has 0 bridgehead atoms. The summed E-state index contributed by atoms with van der Waals surface area (Å²) in [6, 6.07) is 0. The third kappa shape index (κ3) is 5.80. The van der Waals surface area contributed by atoms with Crippen molar-refractivity contribution in [3.8, 4) is 0 Å². The van der Waals surface area contributed by atoms with Crippen molar-refractivity contribution in [2.24, 2.45) is 0 Å². The zero-order valence-corrected chi connectivity index (χ0v) is 10.6. The Bertz CT molecular complexity index is 172. The monoisotopic (exact) mass is 230 g/mol. The van der Waals surface area contributed by atoms with Gasteiger partial charge in [0.15, 0.2) is 0 Å². The Hall–Kier alpha value is -0.160. The number of hydrogen-bond donors (Lipinski definition) is 2. The SMILES string of the molecule is CCNCC(O)CN(C)CC1CCCCO1. The van der Waals surface area contributed by atoms with E-state index in [2.05, 4.69) is 10.2 Å². The number of nitrogens with zero attached hydrogens (tertiary/aromatic N) is 1. The van der Waals surface area contributed by atoms with E-state index in [1.807, 2.05) is 14.0 Å². The van der Waals surface area contributed by atoms with Crippen molar-refractivity contribution in [1.82, 2.24) is 10.2 Å². The molecule has 1 aliphatic heterocycles. The van der Waals surface area contributed by atoms with Gasteiger partial charge in [0.1, 0.15) is 0 Å². The summed E-state index contributed by atoms with van der Waals surface area (Å²) >= 11 is 0. The minimum absolute atomic E-state index is 0.284. The van der Waals surface area contributed by atoms with Crippen molar-refractivity contribution in [1.29, 1.82) is 0 Å². The predicted octanol–water partition coefficient (Wildman–Crippen LogP) is 0.458. The molecule has 4 heteroatoms. The molecular weight excluding hydrogens is 204 g/mol. The van der Waals surface area contributed by atoms with Crippen LogP contribution >= 0.6 is 0 Å². The van der Waals surface area contributed by atoms with Gasteiger partial charge in [-0.2, -0.15) is 0 Å². The fourth-order valence-electron chi connectivity index (χ4n) is 2.11. The lowest BCUT2D eigenvalue weighted by atomic mass is 10.1. The maximum absolute atomic E-state index is 9.74. The number of ether oxygens (including phenoxy) is 1. The Balaban J connectivity index is 2.11. The van der Waals surface area contributed by atoms with Gasteiger partial charge in [-0.05, 0) is 32.9 Å². The number of nitrogens with one attached hydrogen (secondary N) is 1. The number of rotatable bonds is 7. The topological polar surface area (TPSA) is 44.7 Å². The second kappa shape index (κ2) is 8.01. The van der Waals surface area contributed by atoms with Crippen molar-refractivity contribution in [2.45, 2.75) is 38.4 Å². The molecule has 0 aromatic rings. The molecule has 1 saturated heterocycles. The van der Waals surface area contributed by atoms with Crippen LogP contribution < -0.4 is 5.32 Å². The van der Waals surface area contributed by atoms with Gasteiger partial charge in [0.05, 0.1) is 12.2 Å². The van der Waals surface area contributed by atoms with Crippen molar-refractivity contribution in [3.63, 3.8) is 0 Å². The van der Waals surface area contributed by atoms with Crippen LogP contribution in [0.4, 0.5) is 0 Å². The third-order valence-corrected chi connectivity index (χ3v) is 2.94. The molecule has 1 rings (SSSR count). The van der Waals surface area contributed by atoms with E-state index in [4.69, 9.17) is 4.74 Å². The summed E-state index contributed by atoms with van der Waals surface area (Å²) < 4.78 is 5.67. The van der Waals surface area contributed by atoms with Gasteiger partial charge in [0.2, 0.25) is 0 Å². The minimum atomic E-state index is -0.284. The van der Waals surface area contributed by atoms with Crippen LogP contribution in [-0.2, 0) is 4.74 Å². The summed E-state index contributed by atoms with van der Waals surface area (Å²) in [4.78, 5) is 2.16. The molecule has 2 unspecified atom stereocenters. The van der Waals surface area contributed by atoms with E-state index < -0.39 is 0 Å². The van der Waals surface area contributed by atoms with E-state index >= 15 is 0 Å². The maximum Gasteiger partial charge on any atom is 0.0791 e. The van der Waals surface area contributed by atoms with Crippen molar-refractivity contribution >= 4 is 0 Å². The fraction of sp³-hybridized carbons (Fsp3) is 1.00. The van der Waals surface area contributed by atoms with Gasteiger partial charge in [0.25, 0.3) is 0 Å². The average Bonchev–Trinajstić information content (AvgIpc) is 2.27. The van der Waals surface area contributed by atoms with Crippen molar-refractivity contribution < 1.29 is 9.84 Å². The minimum Gasteiger partial charge on any atom is -0.390 e. The molecule has 2 N–H and O–H groups in total. The van der Waals surface area contributed by atoms with Crippen LogP contribution in [0, 0.1) is 0 Å². The average molecular weight is 230 g/mol. The first-order valence-corrected chi connectivity index (χ1v) is 6.41.